The number of carbonyl (C=O) groups excluding carboxylic acids is 1. The maximum Gasteiger partial charge on any atom is 0.254 e. The normalized spacial score (nSPS) is 13.6. The molecule has 3 aromatic heterocycles. The lowest BCUT2D eigenvalue weighted by molar-refractivity contribution is 0.0949. The highest BCUT2D eigenvalue weighted by Gasteiger charge is 2.15. The van der Waals surface area contributed by atoms with Crippen LogP contribution in [0.4, 0.5) is 17.3 Å². The number of aromatic nitrogens is 4. The Kier molecular flexibility index (Phi) is 5.00. The van der Waals surface area contributed by atoms with Crippen LogP contribution in [0.15, 0.2) is 41.3 Å². The summed E-state index contributed by atoms with van der Waals surface area (Å²) in [7, 11) is 1.75. The number of carbonyl (C=O) groups is 1. The van der Waals surface area contributed by atoms with Gasteiger partial charge in [-0.25, -0.2) is 9.97 Å². The molecule has 0 bridgehead atoms. The third kappa shape index (κ3) is 3.69. The minimum absolute atomic E-state index is 0.0648. The van der Waals surface area contributed by atoms with Crippen molar-refractivity contribution >= 4 is 40.0 Å². The van der Waals surface area contributed by atoms with Crippen molar-refractivity contribution < 1.29 is 14.3 Å². The molecule has 1 aromatic carbocycles. The second-order valence-electron chi connectivity index (χ2n) is 6.65. The van der Waals surface area contributed by atoms with E-state index in [1.807, 2.05) is 18.2 Å². The predicted molar refractivity (Wildman–Crippen MR) is 108 cm³/mol. The molecule has 5 rings (SSSR count). The fraction of sp³-hybridized carbons (Fsp3) is 0.263. The quantitative estimate of drug-likeness (QED) is 0.412. The van der Waals surface area contributed by atoms with E-state index in [0.29, 0.717) is 28.4 Å². The number of benzene rings is 1. The van der Waals surface area contributed by atoms with E-state index in [9.17, 15) is 4.79 Å². The summed E-state index contributed by atoms with van der Waals surface area (Å²) in [5, 5.41) is 18.8. The molecule has 1 saturated carbocycles. The highest BCUT2D eigenvalue weighted by atomic mass is 16.3. The van der Waals surface area contributed by atoms with Crippen LogP contribution in [0.25, 0.3) is 16.7 Å². The molecule has 10 heteroatoms. The minimum Gasteiger partial charge on any atom is -0.443 e. The average Bonchev–Trinajstić information content (AvgIpc) is 3.33. The van der Waals surface area contributed by atoms with E-state index in [1.54, 1.807) is 13.1 Å². The number of anilines is 3. The van der Waals surface area contributed by atoms with Crippen LogP contribution in [0.2, 0.25) is 0 Å². The van der Waals surface area contributed by atoms with Crippen molar-refractivity contribution in [2.24, 2.45) is 5.73 Å². The first-order valence-corrected chi connectivity index (χ1v) is 9.20. The Morgan fingerprint density at radius 1 is 1.38 bits per heavy atom. The number of nitrogens with zero attached hydrogens (tertiary/aromatic N) is 4. The zero-order valence-corrected chi connectivity index (χ0v) is 15.8. The summed E-state index contributed by atoms with van der Waals surface area (Å²) in [6.07, 6.45) is 6.16. The van der Waals surface area contributed by atoms with Crippen LogP contribution in [0.1, 0.15) is 29.6 Å². The summed E-state index contributed by atoms with van der Waals surface area (Å²) < 4.78 is 6.81. The summed E-state index contributed by atoms with van der Waals surface area (Å²) in [4.78, 5) is 20.2. The van der Waals surface area contributed by atoms with Crippen molar-refractivity contribution in [1.29, 1.82) is 0 Å². The Labute approximate surface area is 165 Å². The maximum absolute atomic E-state index is 11.6. The summed E-state index contributed by atoms with van der Waals surface area (Å²) in [5.41, 5.74) is 8.08. The number of oxazole rings is 1. The van der Waals surface area contributed by atoms with Crippen LogP contribution >= 0.6 is 0 Å². The standard InChI is InChI=1S/C15H13N7O2.C4H8O/c1-17-12-5-11(21-15-8(14(16)23)6-19-22(12)15)20-9-3-2-4-10-13(9)18-7-24-10;5-4-2-1-3-4/h2-7,17H,1H3,(H2,16,23)(H,20,21);4-5H,1-3H2. The van der Waals surface area contributed by atoms with Crippen LogP contribution in [0, 0.1) is 0 Å². The Balaban J connectivity index is 0.000000359. The Morgan fingerprint density at radius 3 is 2.83 bits per heavy atom. The Bertz CT molecular complexity index is 1160. The molecule has 1 amide bonds. The second kappa shape index (κ2) is 7.76. The second-order valence-corrected chi connectivity index (χ2v) is 6.65. The average molecular weight is 395 g/mol. The first-order chi connectivity index (χ1) is 14.1. The molecule has 1 aliphatic rings. The Morgan fingerprint density at radius 2 is 2.17 bits per heavy atom. The molecule has 10 nitrogen and oxygen atoms in total. The molecule has 3 heterocycles. The number of primary amides is 1. The van der Waals surface area contributed by atoms with Crippen molar-refractivity contribution in [2.45, 2.75) is 25.4 Å². The van der Waals surface area contributed by atoms with E-state index < -0.39 is 5.91 Å². The van der Waals surface area contributed by atoms with Gasteiger partial charge in [-0.05, 0) is 31.4 Å². The van der Waals surface area contributed by atoms with Crippen molar-refractivity contribution in [3.8, 4) is 0 Å². The Hall–Kier alpha value is -3.66. The molecule has 0 radical (unpaired) electrons. The highest BCUT2D eigenvalue weighted by Crippen LogP contribution is 2.26. The number of nitrogens with one attached hydrogen (secondary N) is 2. The van der Waals surface area contributed by atoms with Crippen molar-refractivity contribution in [1.82, 2.24) is 19.6 Å². The van der Waals surface area contributed by atoms with Crippen LogP contribution in [-0.4, -0.2) is 43.7 Å². The smallest absolute Gasteiger partial charge is 0.254 e. The SMILES string of the molecule is CNc1cc(Nc2cccc3ocnc23)nc2c(C(N)=O)cnn12.OC1CCC1. The summed E-state index contributed by atoms with van der Waals surface area (Å²) in [5.74, 6) is 0.586. The fourth-order valence-corrected chi connectivity index (χ4v) is 2.89. The summed E-state index contributed by atoms with van der Waals surface area (Å²) in [6.45, 7) is 0. The largest absolute Gasteiger partial charge is 0.443 e. The van der Waals surface area contributed by atoms with Crippen LogP contribution in [-0.2, 0) is 0 Å². The first kappa shape index (κ1) is 18.7. The predicted octanol–water partition coefficient (Wildman–Crippen LogP) is 2.29. The molecule has 29 heavy (non-hydrogen) atoms. The molecular weight excluding hydrogens is 374 g/mol. The molecule has 0 spiro atoms. The van der Waals surface area contributed by atoms with Gasteiger partial charge in [0, 0.05) is 13.1 Å². The van der Waals surface area contributed by atoms with Crippen LogP contribution < -0.4 is 16.4 Å². The van der Waals surface area contributed by atoms with Gasteiger partial charge < -0.3 is 25.9 Å². The van der Waals surface area contributed by atoms with Gasteiger partial charge in [0.25, 0.3) is 5.91 Å². The number of aliphatic hydroxyl groups is 1. The van der Waals surface area contributed by atoms with Crippen LogP contribution in [0.3, 0.4) is 0 Å². The topological polar surface area (TPSA) is 144 Å². The molecule has 0 aliphatic heterocycles. The molecule has 0 atom stereocenters. The molecule has 1 aliphatic carbocycles. The third-order valence-electron chi connectivity index (χ3n) is 4.69. The number of aliphatic hydroxyl groups excluding tert-OH is 1. The lowest BCUT2D eigenvalue weighted by atomic mass is 9.97. The van der Waals surface area contributed by atoms with E-state index in [0.717, 1.165) is 18.5 Å². The number of rotatable bonds is 4. The van der Waals surface area contributed by atoms with Gasteiger partial charge in [0.05, 0.1) is 18.0 Å². The molecular formula is C19H21N7O3. The molecule has 1 fully saturated rings. The lowest BCUT2D eigenvalue weighted by Crippen LogP contribution is -2.15. The van der Waals surface area contributed by atoms with E-state index in [2.05, 4.69) is 25.7 Å². The van der Waals surface area contributed by atoms with Gasteiger partial charge in [-0.1, -0.05) is 6.07 Å². The molecule has 0 unspecified atom stereocenters. The summed E-state index contributed by atoms with van der Waals surface area (Å²) in [6, 6.07) is 7.30. The third-order valence-corrected chi connectivity index (χ3v) is 4.69. The minimum atomic E-state index is -0.588. The first-order valence-electron chi connectivity index (χ1n) is 9.20. The van der Waals surface area contributed by atoms with E-state index in [-0.39, 0.29) is 11.7 Å². The summed E-state index contributed by atoms with van der Waals surface area (Å²) >= 11 is 0. The van der Waals surface area contributed by atoms with Crippen molar-refractivity contribution in [3.63, 3.8) is 0 Å². The van der Waals surface area contributed by atoms with Gasteiger partial charge in [-0.15, -0.1) is 0 Å². The number of para-hydroxylation sites is 1. The van der Waals surface area contributed by atoms with Crippen LogP contribution in [0.5, 0.6) is 0 Å². The van der Waals surface area contributed by atoms with Gasteiger partial charge in [0.1, 0.15) is 22.7 Å². The monoisotopic (exact) mass is 395 g/mol. The van der Waals surface area contributed by atoms with E-state index in [1.165, 1.54) is 23.5 Å². The number of hydrogen-bond donors (Lipinski definition) is 4. The highest BCUT2D eigenvalue weighted by molar-refractivity contribution is 5.99. The molecule has 4 aromatic rings. The molecule has 150 valence electrons. The van der Waals surface area contributed by atoms with Crippen molar-refractivity contribution in [2.75, 3.05) is 17.7 Å². The van der Waals surface area contributed by atoms with Gasteiger partial charge >= 0.3 is 0 Å². The van der Waals surface area contributed by atoms with Gasteiger partial charge in [-0.3, -0.25) is 4.79 Å². The lowest BCUT2D eigenvalue weighted by Gasteiger charge is -2.17. The number of fused-ring (bicyclic) bond motifs is 2. The zero-order chi connectivity index (χ0) is 20.4. The number of amides is 1. The van der Waals surface area contributed by atoms with E-state index in [4.69, 9.17) is 15.3 Å². The number of hydrogen-bond acceptors (Lipinski definition) is 8. The fourth-order valence-electron chi connectivity index (χ4n) is 2.89. The molecule has 5 N–H and O–H groups in total. The van der Waals surface area contributed by atoms with Crippen molar-refractivity contribution in [3.05, 3.63) is 42.4 Å². The zero-order valence-electron chi connectivity index (χ0n) is 15.8. The van der Waals surface area contributed by atoms with Gasteiger partial charge in [0.15, 0.2) is 17.6 Å². The molecule has 0 saturated heterocycles. The number of nitrogens with two attached hydrogens (primary N) is 1. The maximum atomic E-state index is 11.6. The van der Waals surface area contributed by atoms with Gasteiger partial charge in [-0.2, -0.15) is 9.61 Å². The van der Waals surface area contributed by atoms with E-state index >= 15 is 0 Å². The van der Waals surface area contributed by atoms with Gasteiger partial charge in [0.2, 0.25) is 0 Å².